The number of hydrogen-bond donors (Lipinski definition) is 4. The van der Waals surface area contributed by atoms with Crippen molar-refractivity contribution in [1.29, 1.82) is 0 Å². The lowest BCUT2D eigenvalue weighted by Crippen LogP contribution is -2.64. The molecule has 0 bridgehead atoms. The second-order valence-electron chi connectivity index (χ2n) is 7.86. The zero-order valence-electron chi connectivity index (χ0n) is 14.8. The average molecular weight is 350 g/mol. The van der Waals surface area contributed by atoms with E-state index in [1.54, 1.807) is 0 Å². The van der Waals surface area contributed by atoms with Crippen LogP contribution in [0.4, 0.5) is 5.69 Å². The quantitative estimate of drug-likeness (QED) is 0.614. The number of benzene rings is 1. The maximum absolute atomic E-state index is 10.2. The molecule has 2 saturated heterocycles. The first-order chi connectivity index (χ1) is 11.9. The molecule has 4 N–H and O–H groups in total. The molecule has 1 aromatic rings. The van der Waals surface area contributed by atoms with E-state index in [2.05, 4.69) is 36.1 Å². The Morgan fingerprint density at radius 2 is 1.68 bits per heavy atom. The lowest BCUT2D eigenvalue weighted by atomic mass is 9.78. The van der Waals surface area contributed by atoms with Crippen LogP contribution in [0, 0.1) is 5.41 Å². The minimum absolute atomic E-state index is 0.0560. The molecule has 6 nitrogen and oxygen atoms in total. The van der Waals surface area contributed by atoms with Gasteiger partial charge in [-0.1, -0.05) is 25.1 Å². The van der Waals surface area contributed by atoms with Gasteiger partial charge in [0.05, 0.1) is 18.8 Å². The van der Waals surface area contributed by atoms with E-state index in [0.717, 1.165) is 25.9 Å². The van der Waals surface area contributed by atoms with Gasteiger partial charge >= 0.3 is 0 Å². The molecular formula is C19H30N2O4. The van der Waals surface area contributed by atoms with E-state index >= 15 is 0 Å². The topological polar surface area (TPSA) is 87.4 Å². The number of rotatable bonds is 4. The maximum atomic E-state index is 10.2. The Kier molecular flexibility index (Phi) is 5.65. The number of anilines is 1. The summed E-state index contributed by atoms with van der Waals surface area (Å²) in [7, 11) is 0. The zero-order chi connectivity index (χ0) is 18.0. The van der Waals surface area contributed by atoms with Crippen molar-refractivity contribution in [1.82, 2.24) is 4.90 Å². The Balaban J connectivity index is 1.62. The van der Waals surface area contributed by atoms with Crippen molar-refractivity contribution in [2.75, 3.05) is 37.7 Å². The van der Waals surface area contributed by atoms with Crippen molar-refractivity contribution < 1.29 is 20.4 Å². The van der Waals surface area contributed by atoms with Crippen LogP contribution in [0.2, 0.25) is 0 Å². The third-order valence-corrected chi connectivity index (χ3v) is 5.89. The first-order valence-corrected chi connectivity index (χ1v) is 9.13. The number of β-amino-alcohol motifs (C(OH)–C–C–N with tert-alkyl or cyclic N) is 1. The van der Waals surface area contributed by atoms with Crippen LogP contribution in [0.5, 0.6) is 0 Å². The Morgan fingerprint density at radius 3 is 2.28 bits per heavy atom. The van der Waals surface area contributed by atoms with Crippen LogP contribution in [0.15, 0.2) is 30.3 Å². The molecule has 6 heteroatoms. The van der Waals surface area contributed by atoms with Crippen LogP contribution >= 0.6 is 0 Å². The molecule has 0 radical (unpaired) electrons. The molecule has 2 heterocycles. The molecule has 25 heavy (non-hydrogen) atoms. The molecule has 0 spiro atoms. The summed E-state index contributed by atoms with van der Waals surface area (Å²) < 4.78 is 0. The van der Waals surface area contributed by atoms with Gasteiger partial charge in [-0.05, 0) is 30.4 Å². The van der Waals surface area contributed by atoms with Crippen LogP contribution in [-0.2, 0) is 0 Å². The van der Waals surface area contributed by atoms with Gasteiger partial charge in [-0.15, -0.1) is 0 Å². The van der Waals surface area contributed by atoms with Crippen LogP contribution in [0.25, 0.3) is 0 Å². The fraction of sp³-hybridized carbons (Fsp3) is 0.684. The van der Waals surface area contributed by atoms with Gasteiger partial charge < -0.3 is 25.3 Å². The molecule has 0 saturated carbocycles. The summed E-state index contributed by atoms with van der Waals surface area (Å²) in [5, 5.41) is 39.6. The SMILES string of the molecule is CC1(CN2C[C@H](O)[C@@H](O)[C@H](O)[C@@H]2CO)CCN(c2ccccc2)CC1. The van der Waals surface area contributed by atoms with Crippen molar-refractivity contribution in [2.45, 2.75) is 44.1 Å². The third-order valence-electron chi connectivity index (χ3n) is 5.89. The average Bonchev–Trinajstić information content (AvgIpc) is 2.61. The number of nitrogens with zero attached hydrogens (tertiary/aromatic N) is 2. The standard InChI is InChI=1S/C19H30N2O4/c1-19(7-9-20(10-8-19)14-5-3-2-4-6-14)13-21-11-16(23)18(25)17(24)15(21)12-22/h2-6,15-18,22-25H,7-13H2,1H3/t15-,16-,17+,18+/m0/s1. The number of piperidine rings is 2. The number of para-hydroxylation sites is 1. The molecule has 2 aliphatic rings. The lowest BCUT2D eigenvalue weighted by molar-refractivity contribution is -0.151. The van der Waals surface area contributed by atoms with Gasteiger partial charge in [0.25, 0.3) is 0 Å². The van der Waals surface area contributed by atoms with Crippen molar-refractivity contribution >= 4 is 5.69 Å². The first kappa shape index (κ1) is 18.6. The largest absolute Gasteiger partial charge is 0.395 e. The fourth-order valence-corrected chi connectivity index (χ4v) is 4.15. The smallest absolute Gasteiger partial charge is 0.109 e. The number of likely N-dealkylation sites (tertiary alicyclic amines) is 1. The summed E-state index contributed by atoms with van der Waals surface area (Å²) in [6, 6.07) is 9.86. The molecule has 0 aromatic heterocycles. The van der Waals surface area contributed by atoms with Crippen LogP contribution in [0.1, 0.15) is 19.8 Å². The van der Waals surface area contributed by atoms with E-state index in [1.807, 2.05) is 11.0 Å². The van der Waals surface area contributed by atoms with Crippen LogP contribution in [-0.4, -0.2) is 82.5 Å². The van der Waals surface area contributed by atoms with E-state index < -0.39 is 24.4 Å². The third kappa shape index (κ3) is 3.99. The highest BCUT2D eigenvalue weighted by Gasteiger charge is 2.43. The molecule has 2 fully saturated rings. The predicted molar refractivity (Wildman–Crippen MR) is 96.5 cm³/mol. The molecule has 3 rings (SSSR count). The van der Waals surface area contributed by atoms with Crippen LogP contribution in [0.3, 0.4) is 0 Å². The van der Waals surface area contributed by atoms with Crippen molar-refractivity contribution in [3.05, 3.63) is 30.3 Å². The molecule has 1 aromatic carbocycles. The molecule has 0 aliphatic carbocycles. The normalized spacial score (nSPS) is 33.4. The summed E-state index contributed by atoms with van der Waals surface area (Å²) in [6.07, 6.45) is -1.29. The molecule has 0 unspecified atom stereocenters. The Bertz CT molecular complexity index is 548. The molecule has 4 atom stereocenters. The highest BCUT2D eigenvalue weighted by molar-refractivity contribution is 5.46. The molecule has 2 aliphatic heterocycles. The maximum Gasteiger partial charge on any atom is 0.109 e. The van der Waals surface area contributed by atoms with Gasteiger partial charge in [0.2, 0.25) is 0 Å². The summed E-state index contributed by atoms with van der Waals surface area (Å²) in [5.41, 5.74) is 1.30. The van der Waals surface area contributed by atoms with E-state index in [1.165, 1.54) is 5.69 Å². The number of aliphatic hydroxyl groups is 4. The highest BCUT2D eigenvalue weighted by Crippen LogP contribution is 2.35. The summed E-state index contributed by atoms with van der Waals surface area (Å²) >= 11 is 0. The fourth-order valence-electron chi connectivity index (χ4n) is 4.15. The van der Waals surface area contributed by atoms with E-state index in [0.29, 0.717) is 6.54 Å². The minimum atomic E-state index is -1.19. The minimum Gasteiger partial charge on any atom is -0.395 e. The predicted octanol–water partition coefficient (Wildman–Crippen LogP) is 0.0523. The lowest BCUT2D eigenvalue weighted by Gasteiger charge is -2.48. The highest BCUT2D eigenvalue weighted by atomic mass is 16.4. The van der Waals surface area contributed by atoms with Gasteiger partial charge in [0, 0.05) is 31.9 Å². The van der Waals surface area contributed by atoms with Gasteiger partial charge in [-0.25, -0.2) is 0 Å². The summed E-state index contributed by atoms with van der Waals surface area (Å²) in [5.74, 6) is 0. The van der Waals surface area contributed by atoms with Gasteiger partial charge in [-0.3, -0.25) is 4.90 Å². The van der Waals surface area contributed by atoms with Crippen molar-refractivity contribution in [2.24, 2.45) is 5.41 Å². The van der Waals surface area contributed by atoms with Gasteiger partial charge in [-0.2, -0.15) is 0 Å². The monoisotopic (exact) mass is 350 g/mol. The Labute approximate surface area is 149 Å². The second kappa shape index (κ2) is 7.60. The number of aliphatic hydroxyl groups excluding tert-OH is 4. The Morgan fingerprint density at radius 1 is 1.04 bits per heavy atom. The molecule has 140 valence electrons. The second-order valence-corrected chi connectivity index (χ2v) is 7.86. The van der Waals surface area contributed by atoms with Gasteiger partial charge in [0.1, 0.15) is 12.2 Å². The van der Waals surface area contributed by atoms with E-state index in [9.17, 15) is 20.4 Å². The summed E-state index contributed by atoms with van der Waals surface area (Å²) in [4.78, 5) is 4.33. The Hall–Kier alpha value is -1.18. The zero-order valence-corrected chi connectivity index (χ0v) is 14.8. The van der Waals surface area contributed by atoms with Gasteiger partial charge in [0.15, 0.2) is 0 Å². The summed E-state index contributed by atoms with van der Waals surface area (Å²) in [6.45, 7) is 4.91. The molecule has 0 amide bonds. The first-order valence-electron chi connectivity index (χ1n) is 9.13. The van der Waals surface area contributed by atoms with Crippen molar-refractivity contribution in [3.8, 4) is 0 Å². The number of hydrogen-bond acceptors (Lipinski definition) is 6. The van der Waals surface area contributed by atoms with E-state index in [-0.39, 0.29) is 18.6 Å². The van der Waals surface area contributed by atoms with E-state index in [4.69, 9.17) is 0 Å². The van der Waals surface area contributed by atoms with Crippen molar-refractivity contribution in [3.63, 3.8) is 0 Å². The molecular weight excluding hydrogens is 320 g/mol. The van der Waals surface area contributed by atoms with Crippen LogP contribution < -0.4 is 4.90 Å².